The van der Waals surface area contributed by atoms with Crippen LogP contribution in [0.5, 0.6) is 0 Å². The highest BCUT2D eigenvalue weighted by atomic mass is 79.9. The van der Waals surface area contributed by atoms with Crippen LogP contribution in [0.4, 0.5) is 4.39 Å². The first-order valence-electron chi connectivity index (χ1n) is 4.08. The third-order valence-electron chi connectivity index (χ3n) is 2.01. The number of benzene rings is 1. The number of halogens is 2. The molecule has 0 radical (unpaired) electrons. The van der Waals surface area contributed by atoms with Gasteiger partial charge in [0.1, 0.15) is 5.82 Å². The summed E-state index contributed by atoms with van der Waals surface area (Å²) in [5.74, 6) is -0.220. The lowest BCUT2D eigenvalue weighted by atomic mass is 9.93. The number of hydrogen-bond donors (Lipinski definition) is 1. The quantitative estimate of drug-likeness (QED) is 0.809. The molecule has 0 aromatic heterocycles. The van der Waals surface area contributed by atoms with Crippen LogP contribution in [-0.4, -0.2) is 0 Å². The van der Waals surface area contributed by atoms with Crippen molar-refractivity contribution in [2.75, 3.05) is 0 Å². The van der Waals surface area contributed by atoms with Gasteiger partial charge in [-0.15, -0.1) is 0 Å². The number of nitrogens with two attached hydrogens (primary N) is 1. The summed E-state index contributed by atoms with van der Waals surface area (Å²) in [5, 5.41) is 0. The molecule has 1 rings (SSSR count). The van der Waals surface area contributed by atoms with Crippen LogP contribution in [0.3, 0.4) is 0 Å². The molecule has 0 heterocycles. The molecule has 0 amide bonds. The molecule has 1 aromatic carbocycles. The summed E-state index contributed by atoms with van der Waals surface area (Å²) < 4.78 is 14.4. The Kier molecular flexibility index (Phi) is 2.78. The first-order valence-corrected chi connectivity index (χ1v) is 4.87. The fourth-order valence-corrected chi connectivity index (χ4v) is 1.47. The Hall–Kier alpha value is -0.410. The Morgan fingerprint density at radius 1 is 1.38 bits per heavy atom. The first-order chi connectivity index (χ1) is 5.84. The summed E-state index contributed by atoms with van der Waals surface area (Å²) in [6, 6.07) is 3.54. The molecule has 72 valence electrons. The van der Waals surface area contributed by atoms with E-state index in [1.165, 1.54) is 0 Å². The third-order valence-corrected chi connectivity index (χ3v) is 2.87. The number of rotatable bonds is 1. The smallest absolute Gasteiger partial charge is 0.132 e. The molecule has 3 heteroatoms. The van der Waals surface area contributed by atoms with E-state index in [0.29, 0.717) is 11.1 Å². The van der Waals surface area contributed by atoms with Crippen molar-refractivity contribution in [3.05, 3.63) is 33.5 Å². The molecular weight excluding hydrogens is 233 g/mol. The van der Waals surface area contributed by atoms with Crippen molar-refractivity contribution < 1.29 is 4.39 Å². The minimum atomic E-state index is -0.629. The van der Waals surface area contributed by atoms with Crippen molar-refractivity contribution in [3.63, 3.8) is 0 Å². The highest BCUT2D eigenvalue weighted by Crippen LogP contribution is 2.27. The molecule has 0 spiro atoms. The van der Waals surface area contributed by atoms with Gasteiger partial charge in [0.15, 0.2) is 0 Å². The summed E-state index contributed by atoms with van der Waals surface area (Å²) >= 11 is 3.27. The molecule has 0 bridgehead atoms. The van der Waals surface area contributed by atoms with Gasteiger partial charge < -0.3 is 5.73 Å². The fourth-order valence-electron chi connectivity index (χ4n) is 1.16. The predicted molar refractivity (Wildman–Crippen MR) is 56.1 cm³/mol. The van der Waals surface area contributed by atoms with E-state index in [0.717, 1.165) is 4.47 Å². The van der Waals surface area contributed by atoms with Crippen LogP contribution in [0.2, 0.25) is 0 Å². The van der Waals surface area contributed by atoms with Crippen molar-refractivity contribution in [2.45, 2.75) is 26.3 Å². The molecule has 2 N–H and O–H groups in total. The average Bonchev–Trinajstić information content (AvgIpc) is 1.98. The molecule has 0 aliphatic carbocycles. The molecule has 0 aliphatic heterocycles. The van der Waals surface area contributed by atoms with E-state index in [9.17, 15) is 4.39 Å². The van der Waals surface area contributed by atoms with Crippen LogP contribution in [0.15, 0.2) is 16.6 Å². The highest BCUT2D eigenvalue weighted by Gasteiger charge is 2.20. The molecule has 0 aliphatic rings. The van der Waals surface area contributed by atoms with Crippen molar-refractivity contribution in [3.8, 4) is 0 Å². The zero-order valence-corrected chi connectivity index (χ0v) is 9.57. The van der Waals surface area contributed by atoms with Crippen LogP contribution < -0.4 is 5.73 Å². The van der Waals surface area contributed by atoms with Crippen molar-refractivity contribution >= 4 is 15.9 Å². The maximum Gasteiger partial charge on any atom is 0.132 e. The molecule has 0 unspecified atom stereocenters. The molecule has 1 nitrogen and oxygen atoms in total. The van der Waals surface area contributed by atoms with Crippen LogP contribution in [-0.2, 0) is 5.54 Å². The van der Waals surface area contributed by atoms with E-state index >= 15 is 0 Å². The van der Waals surface area contributed by atoms with Crippen LogP contribution >= 0.6 is 15.9 Å². The molecule has 0 saturated heterocycles. The molecular formula is C10H13BrFN. The Balaban J connectivity index is 3.35. The second kappa shape index (κ2) is 3.39. The lowest BCUT2D eigenvalue weighted by Gasteiger charge is -2.21. The van der Waals surface area contributed by atoms with Gasteiger partial charge in [0.2, 0.25) is 0 Å². The van der Waals surface area contributed by atoms with Gasteiger partial charge in [0.05, 0.1) is 0 Å². The lowest BCUT2D eigenvalue weighted by molar-refractivity contribution is 0.497. The van der Waals surface area contributed by atoms with E-state index in [1.807, 2.05) is 6.07 Å². The number of hydrogen-bond acceptors (Lipinski definition) is 1. The normalized spacial score (nSPS) is 11.8. The zero-order chi connectivity index (χ0) is 10.2. The van der Waals surface area contributed by atoms with E-state index in [2.05, 4.69) is 15.9 Å². The Morgan fingerprint density at radius 3 is 2.38 bits per heavy atom. The van der Waals surface area contributed by atoms with Crippen LogP contribution in [0, 0.1) is 12.7 Å². The first kappa shape index (κ1) is 10.7. The van der Waals surface area contributed by atoms with Gasteiger partial charge in [-0.25, -0.2) is 4.39 Å². The van der Waals surface area contributed by atoms with Crippen molar-refractivity contribution in [1.82, 2.24) is 0 Å². The topological polar surface area (TPSA) is 26.0 Å². The van der Waals surface area contributed by atoms with E-state index in [-0.39, 0.29) is 5.82 Å². The predicted octanol–water partition coefficient (Wildman–Crippen LogP) is 3.09. The van der Waals surface area contributed by atoms with Gasteiger partial charge >= 0.3 is 0 Å². The largest absolute Gasteiger partial charge is 0.322 e. The average molecular weight is 246 g/mol. The van der Waals surface area contributed by atoms with E-state index in [4.69, 9.17) is 5.73 Å². The maximum absolute atomic E-state index is 13.6. The fraction of sp³-hybridized carbons (Fsp3) is 0.400. The molecule has 0 saturated carbocycles. The summed E-state index contributed by atoms with van der Waals surface area (Å²) in [4.78, 5) is 0. The molecule has 0 atom stereocenters. The zero-order valence-electron chi connectivity index (χ0n) is 7.99. The van der Waals surface area contributed by atoms with Gasteiger partial charge in [0.25, 0.3) is 0 Å². The molecule has 13 heavy (non-hydrogen) atoms. The summed E-state index contributed by atoms with van der Waals surface area (Å²) in [6.45, 7) is 5.31. The van der Waals surface area contributed by atoms with Gasteiger partial charge in [-0.3, -0.25) is 0 Å². The van der Waals surface area contributed by atoms with Gasteiger partial charge in [0, 0.05) is 15.6 Å². The van der Waals surface area contributed by atoms with E-state index < -0.39 is 5.54 Å². The monoisotopic (exact) mass is 245 g/mol. The Labute approximate surface area is 86.3 Å². The summed E-state index contributed by atoms with van der Waals surface area (Å²) in [7, 11) is 0. The standard InChI is InChI=1S/C10H13BrFN/c1-6-8(11)5-4-7(9(6)12)10(2,3)13/h4-5H,13H2,1-3H3. The Morgan fingerprint density at radius 2 is 1.92 bits per heavy atom. The summed E-state index contributed by atoms with van der Waals surface area (Å²) in [5.41, 5.74) is 6.35. The van der Waals surface area contributed by atoms with Crippen LogP contribution in [0.25, 0.3) is 0 Å². The van der Waals surface area contributed by atoms with Gasteiger partial charge in [-0.05, 0) is 32.4 Å². The van der Waals surface area contributed by atoms with Crippen LogP contribution in [0.1, 0.15) is 25.0 Å². The minimum absolute atomic E-state index is 0.220. The Bertz CT molecular complexity index is 328. The third kappa shape index (κ3) is 2.09. The molecule has 1 aromatic rings. The second-order valence-electron chi connectivity index (χ2n) is 3.76. The van der Waals surface area contributed by atoms with Gasteiger partial charge in [-0.1, -0.05) is 22.0 Å². The van der Waals surface area contributed by atoms with E-state index in [1.54, 1.807) is 26.8 Å². The lowest BCUT2D eigenvalue weighted by Crippen LogP contribution is -2.30. The SMILES string of the molecule is Cc1c(Br)ccc(C(C)(C)N)c1F. The highest BCUT2D eigenvalue weighted by molar-refractivity contribution is 9.10. The maximum atomic E-state index is 13.6. The van der Waals surface area contributed by atoms with Crippen molar-refractivity contribution in [1.29, 1.82) is 0 Å². The second-order valence-corrected chi connectivity index (χ2v) is 4.61. The summed E-state index contributed by atoms with van der Waals surface area (Å²) in [6.07, 6.45) is 0. The van der Waals surface area contributed by atoms with Gasteiger partial charge in [-0.2, -0.15) is 0 Å². The van der Waals surface area contributed by atoms with Crippen molar-refractivity contribution in [2.24, 2.45) is 5.73 Å². The molecule has 0 fully saturated rings. The minimum Gasteiger partial charge on any atom is -0.322 e.